The van der Waals surface area contributed by atoms with Crippen LogP contribution in [0.1, 0.15) is 24.2 Å². The van der Waals surface area contributed by atoms with E-state index >= 15 is 0 Å². The minimum Gasteiger partial charge on any atom is -0.379 e. The molecule has 1 amide bonds. The third kappa shape index (κ3) is 5.69. The van der Waals surface area contributed by atoms with Crippen LogP contribution in [0.5, 0.6) is 0 Å². The topological polar surface area (TPSA) is 41.6 Å². The van der Waals surface area contributed by atoms with Gasteiger partial charge in [0.2, 0.25) is 0 Å². The maximum absolute atomic E-state index is 12.1. The Balaban J connectivity index is 1.74. The second kappa shape index (κ2) is 8.41. The monoisotopic (exact) mass is 308 g/mol. The molecule has 1 aliphatic rings. The highest BCUT2D eigenvalue weighted by Gasteiger charge is 2.11. The molecule has 1 aliphatic heterocycles. The van der Waals surface area contributed by atoms with Gasteiger partial charge in [-0.2, -0.15) is 0 Å². The molecule has 0 spiro atoms. The molecular formula is C16H24N2O2S. The molecule has 0 bridgehead atoms. The van der Waals surface area contributed by atoms with Gasteiger partial charge in [0.1, 0.15) is 0 Å². The van der Waals surface area contributed by atoms with Crippen LogP contribution in [0.3, 0.4) is 0 Å². The van der Waals surface area contributed by atoms with Crippen molar-refractivity contribution in [3.05, 3.63) is 29.8 Å². The minimum absolute atomic E-state index is 0.00403. The Morgan fingerprint density at radius 2 is 1.95 bits per heavy atom. The summed E-state index contributed by atoms with van der Waals surface area (Å²) < 4.78 is 5.30. The lowest BCUT2D eigenvalue weighted by Gasteiger charge is -2.26. The highest BCUT2D eigenvalue weighted by molar-refractivity contribution is 7.99. The lowest BCUT2D eigenvalue weighted by atomic mass is 10.2. The summed E-state index contributed by atoms with van der Waals surface area (Å²) in [6, 6.07) is 7.83. The molecule has 116 valence electrons. The summed E-state index contributed by atoms with van der Waals surface area (Å²) in [5, 5.41) is 3.53. The summed E-state index contributed by atoms with van der Waals surface area (Å²) in [6.45, 7) is 9.39. The van der Waals surface area contributed by atoms with Gasteiger partial charge in [-0.15, -0.1) is 11.8 Å². The van der Waals surface area contributed by atoms with Crippen LogP contribution in [-0.2, 0) is 4.74 Å². The number of benzene rings is 1. The molecule has 2 rings (SSSR count). The third-order valence-corrected chi connectivity index (χ3v) is 4.32. The van der Waals surface area contributed by atoms with Gasteiger partial charge in [0, 0.05) is 41.9 Å². The molecule has 0 aromatic heterocycles. The van der Waals surface area contributed by atoms with Gasteiger partial charge < -0.3 is 10.1 Å². The number of carbonyl (C=O) groups excluding carboxylic acids is 1. The number of hydrogen-bond donors (Lipinski definition) is 1. The molecule has 1 fully saturated rings. The fraction of sp³-hybridized carbons (Fsp3) is 0.562. The average molecular weight is 308 g/mol. The lowest BCUT2D eigenvalue weighted by Crippen LogP contribution is -2.41. The molecule has 1 saturated heterocycles. The van der Waals surface area contributed by atoms with Gasteiger partial charge >= 0.3 is 0 Å². The lowest BCUT2D eigenvalue weighted by molar-refractivity contribution is 0.0383. The summed E-state index contributed by atoms with van der Waals surface area (Å²) in [6.07, 6.45) is 0. The predicted molar refractivity (Wildman–Crippen MR) is 87.0 cm³/mol. The maximum atomic E-state index is 12.1. The van der Waals surface area contributed by atoms with E-state index in [1.54, 1.807) is 11.8 Å². The molecule has 1 aromatic carbocycles. The summed E-state index contributed by atoms with van der Waals surface area (Å²) in [4.78, 5) is 15.6. The van der Waals surface area contributed by atoms with Crippen molar-refractivity contribution in [2.75, 3.05) is 39.4 Å². The first-order valence-corrected chi connectivity index (χ1v) is 8.38. The van der Waals surface area contributed by atoms with E-state index in [1.165, 1.54) is 4.90 Å². The Kier molecular flexibility index (Phi) is 6.54. The van der Waals surface area contributed by atoms with Crippen LogP contribution in [0, 0.1) is 0 Å². The van der Waals surface area contributed by atoms with E-state index in [4.69, 9.17) is 4.74 Å². The average Bonchev–Trinajstić information content (AvgIpc) is 2.48. The van der Waals surface area contributed by atoms with Gasteiger partial charge in [-0.1, -0.05) is 13.8 Å². The smallest absolute Gasteiger partial charge is 0.251 e. The zero-order valence-corrected chi connectivity index (χ0v) is 13.6. The normalized spacial score (nSPS) is 16.1. The number of ether oxygens (including phenoxy) is 1. The summed E-state index contributed by atoms with van der Waals surface area (Å²) in [5.74, 6) is 0.00403. The van der Waals surface area contributed by atoms with Crippen molar-refractivity contribution in [1.82, 2.24) is 10.2 Å². The zero-order valence-electron chi connectivity index (χ0n) is 12.8. The number of carbonyl (C=O) groups is 1. The zero-order chi connectivity index (χ0) is 15.1. The molecule has 0 radical (unpaired) electrons. The van der Waals surface area contributed by atoms with E-state index in [9.17, 15) is 4.79 Å². The second-order valence-corrected chi connectivity index (χ2v) is 7.05. The summed E-state index contributed by atoms with van der Waals surface area (Å²) in [5.41, 5.74) is 0.727. The van der Waals surface area contributed by atoms with Gasteiger partial charge in [0.25, 0.3) is 5.91 Å². The molecule has 0 atom stereocenters. The number of amides is 1. The number of nitrogens with zero attached hydrogens (tertiary/aromatic N) is 1. The first kappa shape index (κ1) is 16.3. The highest BCUT2D eigenvalue weighted by atomic mass is 32.2. The number of morpholine rings is 1. The van der Waals surface area contributed by atoms with E-state index in [1.807, 2.05) is 24.3 Å². The van der Waals surface area contributed by atoms with Crippen LogP contribution in [-0.4, -0.2) is 55.4 Å². The summed E-state index contributed by atoms with van der Waals surface area (Å²) in [7, 11) is 0. The van der Waals surface area contributed by atoms with Crippen LogP contribution < -0.4 is 5.32 Å². The Morgan fingerprint density at radius 3 is 2.57 bits per heavy atom. The molecule has 1 N–H and O–H groups in total. The molecule has 0 aliphatic carbocycles. The predicted octanol–water partition coefficient (Wildman–Crippen LogP) is 2.25. The summed E-state index contributed by atoms with van der Waals surface area (Å²) >= 11 is 1.81. The number of hydrogen-bond acceptors (Lipinski definition) is 4. The Hall–Kier alpha value is -1.04. The van der Waals surface area contributed by atoms with Crippen LogP contribution in [0.4, 0.5) is 0 Å². The van der Waals surface area contributed by atoms with Crippen molar-refractivity contribution < 1.29 is 9.53 Å². The standard InChI is InChI=1S/C16H24N2O2S/c1-13(2)21-15-5-3-14(4-6-15)16(19)17-7-8-18-9-11-20-12-10-18/h3-6,13H,7-12H2,1-2H3,(H,17,19). The van der Waals surface area contributed by atoms with Gasteiger partial charge in [0.05, 0.1) is 13.2 Å². The van der Waals surface area contributed by atoms with E-state index in [0.717, 1.165) is 38.4 Å². The quantitative estimate of drug-likeness (QED) is 0.819. The van der Waals surface area contributed by atoms with Gasteiger partial charge in [-0.25, -0.2) is 0 Å². The van der Waals surface area contributed by atoms with Crippen molar-refractivity contribution in [3.8, 4) is 0 Å². The van der Waals surface area contributed by atoms with Crippen molar-refractivity contribution in [1.29, 1.82) is 0 Å². The first-order valence-electron chi connectivity index (χ1n) is 7.50. The molecule has 1 aromatic rings. The van der Waals surface area contributed by atoms with Crippen LogP contribution in [0.25, 0.3) is 0 Å². The van der Waals surface area contributed by atoms with E-state index in [-0.39, 0.29) is 5.91 Å². The van der Waals surface area contributed by atoms with Gasteiger partial charge in [-0.05, 0) is 24.3 Å². The van der Waals surface area contributed by atoms with Gasteiger partial charge in [-0.3, -0.25) is 9.69 Å². The molecule has 4 nitrogen and oxygen atoms in total. The number of nitrogens with one attached hydrogen (secondary N) is 1. The molecule has 5 heteroatoms. The number of thioether (sulfide) groups is 1. The van der Waals surface area contributed by atoms with Crippen LogP contribution >= 0.6 is 11.8 Å². The molecular weight excluding hydrogens is 284 g/mol. The molecule has 0 unspecified atom stereocenters. The van der Waals surface area contributed by atoms with Crippen molar-refractivity contribution in [2.45, 2.75) is 24.0 Å². The van der Waals surface area contributed by atoms with Crippen molar-refractivity contribution in [2.24, 2.45) is 0 Å². The van der Waals surface area contributed by atoms with Crippen LogP contribution in [0.2, 0.25) is 0 Å². The van der Waals surface area contributed by atoms with E-state index in [0.29, 0.717) is 11.8 Å². The molecule has 1 heterocycles. The van der Waals surface area contributed by atoms with E-state index in [2.05, 4.69) is 24.1 Å². The van der Waals surface area contributed by atoms with Crippen molar-refractivity contribution >= 4 is 17.7 Å². The first-order chi connectivity index (χ1) is 10.1. The largest absolute Gasteiger partial charge is 0.379 e. The second-order valence-electron chi connectivity index (χ2n) is 5.40. The number of rotatable bonds is 6. The van der Waals surface area contributed by atoms with E-state index < -0.39 is 0 Å². The Labute approximate surface area is 131 Å². The Morgan fingerprint density at radius 1 is 1.29 bits per heavy atom. The van der Waals surface area contributed by atoms with Gasteiger partial charge in [0.15, 0.2) is 0 Å². The molecule has 21 heavy (non-hydrogen) atoms. The SMILES string of the molecule is CC(C)Sc1ccc(C(=O)NCCN2CCOCC2)cc1. The van der Waals surface area contributed by atoms with Crippen molar-refractivity contribution in [3.63, 3.8) is 0 Å². The third-order valence-electron chi connectivity index (χ3n) is 3.31. The van der Waals surface area contributed by atoms with Crippen LogP contribution in [0.15, 0.2) is 29.2 Å². The fourth-order valence-electron chi connectivity index (χ4n) is 2.21. The maximum Gasteiger partial charge on any atom is 0.251 e. The Bertz CT molecular complexity index is 442. The minimum atomic E-state index is 0.00403. The highest BCUT2D eigenvalue weighted by Crippen LogP contribution is 2.22. The fourth-order valence-corrected chi connectivity index (χ4v) is 3.05. The molecule has 0 saturated carbocycles.